The summed E-state index contributed by atoms with van der Waals surface area (Å²) in [5.74, 6) is 0.556. The van der Waals surface area contributed by atoms with Crippen molar-refractivity contribution in [2.45, 2.75) is 39.7 Å². The number of benzene rings is 1. The van der Waals surface area contributed by atoms with E-state index in [0.29, 0.717) is 18.5 Å². The normalized spacial score (nSPS) is 12.8. The Morgan fingerprint density at radius 3 is 2.25 bits per heavy atom. The number of aryl methyl sites for hydroxylation is 1. The molecule has 0 aliphatic carbocycles. The molecule has 0 aliphatic heterocycles. The number of rotatable bonds is 6. The molecule has 0 spiro atoms. The van der Waals surface area contributed by atoms with Crippen molar-refractivity contribution in [1.82, 2.24) is 0 Å². The SMILES string of the molecule is CCCc1ccc(NC(CN)C(C)C)cc1. The standard InChI is InChI=1S/C14H24N2/c1-4-5-12-6-8-13(9-7-12)16-14(10-15)11(2)3/h6-9,11,14,16H,4-5,10,15H2,1-3H3. The van der Waals surface area contributed by atoms with Crippen LogP contribution in [0.5, 0.6) is 0 Å². The molecule has 0 fully saturated rings. The average molecular weight is 220 g/mol. The molecule has 16 heavy (non-hydrogen) atoms. The lowest BCUT2D eigenvalue weighted by atomic mass is 10.0. The zero-order valence-electron chi connectivity index (χ0n) is 10.7. The van der Waals surface area contributed by atoms with E-state index in [-0.39, 0.29) is 0 Å². The molecule has 0 heterocycles. The summed E-state index contributed by atoms with van der Waals surface area (Å²) in [5, 5.41) is 3.47. The fourth-order valence-electron chi connectivity index (χ4n) is 1.77. The van der Waals surface area contributed by atoms with Gasteiger partial charge in [-0.05, 0) is 30.0 Å². The number of nitrogens with two attached hydrogens (primary N) is 1. The van der Waals surface area contributed by atoms with Crippen LogP contribution in [0.25, 0.3) is 0 Å². The van der Waals surface area contributed by atoms with E-state index in [4.69, 9.17) is 5.73 Å². The second-order valence-corrected chi connectivity index (χ2v) is 4.68. The van der Waals surface area contributed by atoms with Crippen molar-refractivity contribution >= 4 is 5.69 Å². The number of nitrogens with one attached hydrogen (secondary N) is 1. The molecule has 1 aromatic carbocycles. The third-order valence-electron chi connectivity index (χ3n) is 2.90. The molecule has 2 heteroatoms. The van der Waals surface area contributed by atoms with Gasteiger partial charge in [-0.25, -0.2) is 0 Å². The van der Waals surface area contributed by atoms with Crippen LogP contribution in [0, 0.1) is 5.92 Å². The van der Waals surface area contributed by atoms with Gasteiger partial charge in [0.2, 0.25) is 0 Å². The van der Waals surface area contributed by atoms with Crippen LogP contribution < -0.4 is 11.1 Å². The fraction of sp³-hybridized carbons (Fsp3) is 0.571. The predicted octanol–water partition coefficient (Wildman–Crippen LogP) is 3.03. The summed E-state index contributed by atoms with van der Waals surface area (Å²) in [7, 11) is 0. The van der Waals surface area contributed by atoms with Gasteiger partial charge in [0.1, 0.15) is 0 Å². The maximum atomic E-state index is 5.74. The molecule has 0 saturated carbocycles. The second kappa shape index (κ2) is 6.54. The Labute approximate surface area is 99.2 Å². The summed E-state index contributed by atoms with van der Waals surface area (Å²) in [6.07, 6.45) is 2.36. The van der Waals surface area contributed by atoms with Crippen LogP contribution in [0.2, 0.25) is 0 Å². The minimum Gasteiger partial charge on any atom is -0.381 e. The Hall–Kier alpha value is -1.02. The van der Waals surface area contributed by atoms with Crippen LogP contribution >= 0.6 is 0 Å². The van der Waals surface area contributed by atoms with Crippen molar-refractivity contribution in [1.29, 1.82) is 0 Å². The van der Waals surface area contributed by atoms with E-state index in [2.05, 4.69) is 50.4 Å². The highest BCUT2D eigenvalue weighted by molar-refractivity contribution is 5.45. The summed E-state index contributed by atoms with van der Waals surface area (Å²) >= 11 is 0. The minimum absolute atomic E-state index is 0.358. The van der Waals surface area contributed by atoms with Crippen molar-refractivity contribution in [3.63, 3.8) is 0 Å². The second-order valence-electron chi connectivity index (χ2n) is 4.68. The molecule has 1 atom stereocenters. The van der Waals surface area contributed by atoms with Crippen molar-refractivity contribution in [3.8, 4) is 0 Å². The monoisotopic (exact) mass is 220 g/mol. The molecule has 0 saturated heterocycles. The van der Waals surface area contributed by atoms with Gasteiger partial charge in [0.25, 0.3) is 0 Å². The Bertz CT molecular complexity index is 290. The van der Waals surface area contributed by atoms with E-state index >= 15 is 0 Å². The lowest BCUT2D eigenvalue weighted by molar-refractivity contribution is 0.531. The fourth-order valence-corrected chi connectivity index (χ4v) is 1.77. The Balaban J connectivity index is 2.60. The Morgan fingerprint density at radius 1 is 1.19 bits per heavy atom. The largest absolute Gasteiger partial charge is 0.381 e. The average Bonchev–Trinajstić information content (AvgIpc) is 2.28. The van der Waals surface area contributed by atoms with Gasteiger partial charge in [0.15, 0.2) is 0 Å². The van der Waals surface area contributed by atoms with E-state index < -0.39 is 0 Å². The summed E-state index contributed by atoms with van der Waals surface area (Å²) in [6, 6.07) is 9.04. The molecule has 90 valence electrons. The van der Waals surface area contributed by atoms with Crippen molar-refractivity contribution in [3.05, 3.63) is 29.8 Å². The van der Waals surface area contributed by atoms with Crippen LogP contribution in [-0.4, -0.2) is 12.6 Å². The number of anilines is 1. The highest BCUT2D eigenvalue weighted by Gasteiger charge is 2.10. The van der Waals surface area contributed by atoms with Crippen molar-refractivity contribution in [2.24, 2.45) is 11.7 Å². The maximum absolute atomic E-state index is 5.74. The number of hydrogen-bond donors (Lipinski definition) is 2. The van der Waals surface area contributed by atoms with Crippen molar-refractivity contribution < 1.29 is 0 Å². The first-order valence-corrected chi connectivity index (χ1v) is 6.23. The minimum atomic E-state index is 0.358. The molecule has 0 aliphatic rings. The first-order valence-electron chi connectivity index (χ1n) is 6.23. The third-order valence-corrected chi connectivity index (χ3v) is 2.90. The summed E-state index contributed by atoms with van der Waals surface area (Å²) in [6.45, 7) is 7.26. The van der Waals surface area contributed by atoms with E-state index in [9.17, 15) is 0 Å². The van der Waals surface area contributed by atoms with Crippen LogP contribution in [0.1, 0.15) is 32.8 Å². The Kier molecular flexibility index (Phi) is 5.33. The van der Waals surface area contributed by atoms with Crippen LogP contribution in [0.15, 0.2) is 24.3 Å². The van der Waals surface area contributed by atoms with Gasteiger partial charge in [-0.15, -0.1) is 0 Å². The van der Waals surface area contributed by atoms with Gasteiger partial charge in [0, 0.05) is 18.3 Å². The summed E-state index contributed by atoms with van der Waals surface area (Å²) < 4.78 is 0. The van der Waals surface area contributed by atoms with Gasteiger partial charge < -0.3 is 11.1 Å². The first kappa shape index (κ1) is 13.0. The molecule has 1 unspecified atom stereocenters. The lowest BCUT2D eigenvalue weighted by Gasteiger charge is -2.21. The molecule has 0 bridgehead atoms. The first-order chi connectivity index (χ1) is 7.67. The zero-order chi connectivity index (χ0) is 12.0. The molecule has 0 aromatic heterocycles. The molecule has 1 aromatic rings. The van der Waals surface area contributed by atoms with E-state index in [1.54, 1.807) is 0 Å². The molecular weight excluding hydrogens is 196 g/mol. The smallest absolute Gasteiger partial charge is 0.0406 e. The highest BCUT2D eigenvalue weighted by atomic mass is 14.9. The molecule has 3 N–H and O–H groups in total. The zero-order valence-corrected chi connectivity index (χ0v) is 10.7. The topological polar surface area (TPSA) is 38.0 Å². The van der Waals surface area contributed by atoms with Gasteiger partial charge in [-0.3, -0.25) is 0 Å². The summed E-state index contributed by atoms with van der Waals surface area (Å²) in [5.41, 5.74) is 8.31. The molecular formula is C14H24N2. The van der Waals surface area contributed by atoms with Gasteiger partial charge >= 0.3 is 0 Å². The van der Waals surface area contributed by atoms with Gasteiger partial charge in [-0.1, -0.05) is 39.3 Å². The van der Waals surface area contributed by atoms with Crippen molar-refractivity contribution in [2.75, 3.05) is 11.9 Å². The molecule has 0 amide bonds. The highest BCUT2D eigenvalue weighted by Crippen LogP contribution is 2.14. The maximum Gasteiger partial charge on any atom is 0.0406 e. The van der Waals surface area contributed by atoms with E-state index in [1.807, 2.05) is 0 Å². The quantitative estimate of drug-likeness (QED) is 0.773. The predicted molar refractivity (Wildman–Crippen MR) is 71.7 cm³/mol. The van der Waals surface area contributed by atoms with E-state index in [0.717, 1.165) is 6.42 Å². The third kappa shape index (κ3) is 3.86. The van der Waals surface area contributed by atoms with Gasteiger partial charge in [0.05, 0.1) is 0 Å². The van der Waals surface area contributed by atoms with Crippen LogP contribution in [0.3, 0.4) is 0 Å². The van der Waals surface area contributed by atoms with E-state index in [1.165, 1.54) is 17.7 Å². The lowest BCUT2D eigenvalue weighted by Crippen LogP contribution is -2.33. The molecule has 1 rings (SSSR count). The molecule has 2 nitrogen and oxygen atoms in total. The summed E-state index contributed by atoms with van der Waals surface area (Å²) in [4.78, 5) is 0. The van der Waals surface area contributed by atoms with Crippen LogP contribution in [-0.2, 0) is 6.42 Å². The Morgan fingerprint density at radius 2 is 1.81 bits per heavy atom. The molecule has 0 radical (unpaired) electrons. The van der Waals surface area contributed by atoms with Gasteiger partial charge in [-0.2, -0.15) is 0 Å². The number of hydrogen-bond acceptors (Lipinski definition) is 2. The van der Waals surface area contributed by atoms with Crippen LogP contribution in [0.4, 0.5) is 5.69 Å².